The number of alkyl halides is 2. The third-order valence-electron chi connectivity index (χ3n) is 9.95. The van der Waals surface area contributed by atoms with Crippen molar-refractivity contribution < 1.29 is 23.2 Å². The van der Waals surface area contributed by atoms with Gasteiger partial charge in [0.1, 0.15) is 18.1 Å². The van der Waals surface area contributed by atoms with Gasteiger partial charge in [0.15, 0.2) is 0 Å². The normalized spacial score (nSPS) is 22.2. The predicted octanol–water partition coefficient (Wildman–Crippen LogP) is 5.13. The van der Waals surface area contributed by atoms with Crippen LogP contribution in [0.25, 0.3) is 10.9 Å². The molecule has 0 saturated heterocycles. The quantitative estimate of drug-likeness (QED) is 0.130. The molecule has 0 spiro atoms. The highest BCUT2D eigenvalue weighted by molar-refractivity contribution is 7.99. The first kappa shape index (κ1) is 37.7. The standard InChI is InChI=1S/C38H44ClF2N7O3S/c1-48-30(19-23-21-44-27-11-4-3-10-24(23)27)36(50)47-34-32-25(38(34,40)41)15-16-26(39)33(32)52-31-14-5-2-9-22(31)20-45-28(13-8-18-43)35(49)46-29(37(48)51)12-6-7-17-42/h2-5,9-11,14-16,21,28-30,34,44-45H,6-8,12-13,17-20,42-43H2,1H3,(H,46,49)(H,47,50). The number of hydrogen-bond donors (Lipinski definition) is 6. The lowest BCUT2D eigenvalue weighted by Crippen LogP contribution is -2.58. The Labute approximate surface area is 310 Å². The number of fused-ring (bicyclic) bond motifs is 2. The molecule has 10 nitrogen and oxygen atoms in total. The molecule has 1 aromatic heterocycles. The molecule has 4 unspecified atom stereocenters. The number of benzene rings is 3. The Morgan fingerprint density at radius 1 is 0.904 bits per heavy atom. The van der Waals surface area contributed by atoms with E-state index in [0.717, 1.165) is 26.9 Å². The van der Waals surface area contributed by atoms with Crippen molar-refractivity contribution in [1.82, 2.24) is 25.8 Å². The Bertz CT molecular complexity index is 1940. The molecule has 1 aliphatic heterocycles. The smallest absolute Gasteiger partial charge is 0.297 e. The van der Waals surface area contributed by atoms with Crippen molar-refractivity contribution >= 4 is 52.0 Å². The third-order valence-corrected chi connectivity index (χ3v) is 11.6. The second-order valence-corrected chi connectivity index (χ2v) is 14.8. The van der Waals surface area contributed by atoms with E-state index in [-0.39, 0.29) is 41.4 Å². The Kier molecular flexibility index (Phi) is 11.9. The first-order valence-electron chi connectivity index (χ1n) is 17.6. The van der Waals surface area contributed by atoms with E-state index < -0.39 is 41.9 Å². The van der Waals surface area contributed by atoms with Crippen molar-refractivity contribution in [1.29, 1.82) is 0 Å². The Hall–Kier alpha value is -4.01. The Morgan fingerprint density at radius 3 is 2.42 bits per heavy atom. The summed E-state index contributed by atoms with van der Waals surface area (Å²) in [6.45, 7) is 1.04. The number of carbonyl (C=O) groups excluding carboxylic acids is 3. The average Bonchev–Trinajstić information content (AvgIpc) is 3.55. The van der Waals surface area contributed by atoms with Crippen LogP contribution < -0.4 is 27.4 Å². The van der Waals surface area contributed by atoms with Gasteiger partial charge in [-0.05, 0) is 74.5 Å². The second kappa shape index (κ2) is 16.3. The maximum Gasteiger partial charge on any atom is 0.297 e. The molecule has 276 valence electrons. The summed E-state index contributed by atoms with van der Waals surface area (Å²) in [6, 6.07) is 13.1. The van der Waals surface area contributed by atoms with Gasteiger partial charge in [-0.15, -0.1) is 0 Å². The maximum atomic E-state index is 15.9. The molecule has 4 atom stereocenters. The van der Waals surface area contributed by atoms with Crippen LogP contribution in [0, 0.1) is 0 Å². The largest absolute Gasteiger partial charge is 0.361 e. The van der Waals surface area contributed by atoms with Gasteiger partial charge in [-0.2, -0.15) is 8.78 Å². The number of H-pyrrole nitrogens is 1. The number of unbranched alkanes of at least 4 members (excludes halogenated alkanes) is 1. The van der Waals surface area contributed by atoms with Gasteiger partial charge in [-0.1, -0.05) is 65.8 Å². The molecule has 6 rings (SSSR count). The van der Waals surface area contributed by atoms with Gasteiger partial charge in [-0.25, -0.2) is 0 Å². The number of carbonyl (C=O) groups is 3. The number of nitrogens with zero attached hydrogens (tertiary/aromatic N) is 1. The zero-order chi connectivity index (χ0) is 37.0. The first-order chi connectivity index (χ1) is 25.0. The highest BCUT2D eigenvalue weighted by Gasteiger charge is 2.57. The van der Waals surface area contributed by atoms with Crippen LogP contribution in [0.3, 0.4) is 0 Å². The first-order valence-corrected chi connectivity index (χ1v) is 18.8. The molecule has 52 heavy (non-hydrogen) atoms. The minimum Gasteiger partial charge on any atom is -0.361 e. The van der Waals surface area contributed by atoms with Crippen molar-refractivity contribution in [2.45, 2.75) is 85.0 Å². The van der Waals surface area contributed by atoms with Gasteiger partial charge in [0.05, 0.1) is 11.1 Å². The molecule has 1 aliphatic carbocycles. The number of para-hydroxylation sites is 1. The van der Waals surface area contributed by atoms with E-state index >= 15 is 8.78 Å². The van der Waals surface area contributed by atoms with Crippen LogP contribution in [0.4, 0.5) is 8.78 Å². The van der Waals surface area contributed by atoms with E-state index in [0.29, 0.717) is 43.7 Å². The van der Waals surface area contributed by atoms with E-state index in [2.05, 4.69) is 20.9 Å². The summed E-state index contributed by atoms with van der Waals surface area (Å²) in [5, 5.41) is 10.0. The van der Waals surface area contributed by atoms with Crippen molar-refractivity contribution in [3.05, 3.63) is 94.1 Å². The molecule has 8 N–H and O–H groups in total. The van der Waals surface area contributed by atoms with Gasteiger partial charge in [0.2, 0.25) is 17.7 Å². The maximum absolute atomic E-state index is 15.9. The lowest BCUT2D eigenvalue weighted by Gasteiger charge is -2.42. The van der Waals surface area contributed by atoms with Gasteiger partial charge >= 0.3 is 0 Å². The van der Waals surface area contributed by atoms with E-state index in [1.807, 2.05) is 48.5 Å². The van der Waals surface area contributed by atoms with Gasteiger partial charge in [-0.3, -0.25) is 14.4 Å². The second-order valence-electron chi connectivity index (χ2n) is 13.4. The summed E-state index contributed by atoms with van der Waals surface area (Å²) < 4.78 is 31.9. The summed E-state index contributed by atoms with van der Waals surface area (Å²) in [5.41, 5.74) is 14.0. The van der Waals surface area contributed by atoms with Crippen molar-refractivity contribution in [2.75, 3.05) is 20.1 Å². The molecule has 4 aromatic rings. The molecular weight excluding hydrogens is 708 g/mol. The zero-order valence-electron chi connectivity index (χ0n) is 28.9. The van der Waals surface area contributed by atoms with Crippen LogP contribution in [0.15, 0.2) is 76.7 Å². The fourth-order valence-corrected chi connectivity index (χ4v) is 8.41. The van der Waals surface area contributed by atoms with Crippen LogP contribution in [0.5, 0.6) is 0 Å². The fourth-order valence-electron chi connectivity index (χ4n) is 6.99. The Balaban J connectivity index is 1.45. The number of nitrogens with one attached hydrogen (secondary N) is 4. The van der Waals surface area contributed by atoms with Crippen LogP contribution in [-0.2, 0) is 33.3 Å². The van der Waals surface area contributed by atoms with Gasteiger partial charge < -0.3 is 37.3 Å². The number of nitrogens with two attached hydrogens (primary N) is 2. The van der Waals surface area contributed by atoms with Crippen LogP contribution >= 0.6 is 23.4 Å². The number of halogens is 3. The van der Waals surface area contributed by atoms with E-state index in [1.165, 1.54) is 35.8 Å². The van der Waals surface area contributed by atoms with Crippen molar-refractivity contribution in [3.8, 4) is 0 Å². The van der Waals surface area contributed by atoms with E-state index in [4.69, 9.17) is 23.1 Å². The van der Waals surface area contributed by atoms with E-state index in [9.17, 15) is 14.4 Å². The molecule has 2 aliphatic rings. The monoisotopic (exact) mass is 751 g/mol. The zero-order valence-corrected chi connectivity index (χ0v) is 30.5. The minimum absolute atomic E-state index is 0.0257. The number of aromatic nitrogens is 1. The molecule has 0 bridgehead atoms. The fraction of sp³-hybridized carbons (Fsp3) is 0.395. The van der Waals surface area contributed by atoms with Gasteiger partial charge in [0, 0.05) is 58.0 Å². The number of hydrogen-bond acceptors (Lipinski definition) is 7. The number of rotatable bonds is 9. The number of amides is 3. The third kappa shape index (κ3) is 7.69. The topological polar surface area (TPSA) is 158 Å². The summed E-state index contributed by atoms with van der Waals surface area (Å²) in [6.07, 6.45) is 4.18. The molecule has 0 radical (unpaired) electrons. The lowest BCUT2D eigenvalue weighted by molar-refractivity contribution is -0.145. The molecule has 3 aromatic carbocycles. The SMILES string of the molecule is CN1C(=O)C(CCCCN)NC(=O)C(CCCN)NCc2ccccc2Sc2c(Cl)ccc3c2C(NC(=O)C1Cc1c[nH]c2ccccc12)C3(F)F. The minimum atomic E-state index is -3.39. The van der Waals surface area contributed by atoms with Crippen molar-refractivity contribution in [2.24, 2.45) is 11.5 Å². The molecule has 3 amide bonds. The molecular formula is C38H44ClF2N7O3S. The van der Waals surface area contributed by atoms with E-state index in [1.54, 1.807) is 6.20 Å². The summed E-state index contributed by atoms with van der Waals surface area (Å²) >= 11 is 7.95. The Morgan fingerprint density at radius 2 is 1.63 bits per heavy atom. The molecule has 0 saturated carbocycles. The average molecular weight is 752 g/mol. The molecule has 2 heterocycles. The summed E-state index contributed by atoms with van der Waals surface area (Å²) in [7, 11) is 1.48. The number of likely N-dealkylation sites (N-methyl/N-ethyl adjacent to an activating group) is 1. The van der Waals surface area contributed by atoms with Crippen molar-refractivity contribution in [3.63, 3.8) is 0 Å². The van der Waals surface area contributed by atoms with Crippen LogP contribution in [0.2, 0.25) is 5.02 Å². The lowest BCUT2D eigenvalue weighted by atomic mass is 9.78. The van der Waals surface area contributed by atoms with Crippen LogP contribution in [-0.4, -0.2) is 65.9 Å². The summed E-state index contributed by atoms with van der Waals surface area (Å²) in [5.74, 6) is -5.04. The van der Waals surface area contributed by atoms with Gasteiger partial charge in [0.25, 0.3) is 5.92 Å². The predicted molar refractivity (Wildman–Crippen MR) is 199 cm³/mol. The summed E-state index contributed by atoms with van der Waals surface area (Å²) in [4.78, 5) is 48.4. The highest BCUT2D eigenvalue weighted by Crippen LogP contribution is 2.58. The highest BCUT2D eigenvalue weighted by atomic mass is 35.5. The van der Waals surface area contributed by atoms with Crippen LogP contribution in [0.1, 0.15) is 60.4 Å². The molecule has 14 heteroatoms. The molecule has 0 fully saturated rings. The number of aromatic amines is 1.